The summed E-state index contributed by atoms with van der Waals surface area (Å²) in [5, 5.41) is 32.1. The minimum atomic E-state index is -1.03. The largest absolute Gasteiger partial charge is 0.394 e. The average molecular weight is 288 g/mol. The van der Waals surface area contributed by atoms with Crippen molar-refractivity contribution in [2.75, 3.05) is 13.2 Å². The number of hydrogen-bond donors (Lipinski definition) is 4. The van der Waals surface area contributed by atoms with Crippen LogP contribution in [0.3, 0.4) is 0 Å². The first-order valence-corrected chi connectivity index (χ1v) is 6.57. The quantitative estimate of drug-likeness (QED) is 0.609. The zero-order valence-electron chi connectivity index (χ0n) is 10.4. The number of aliphatic hydroxyl groups excluding tert-OH is 3. The van der Waals surface area contributed by atoms with Gasteiger partial charge in [0, 0.05) is 18.1 Å². The summed E-state index contributed by atoms with van der Waals surface area (Å²) in [5.41, 5.74) is 1.07. The zero-order chi connectivity index (χ0) is 13.8. The van der Waals surface area contributed by atoms with Crippen LogP contribution in [0.2, 0.25) is 5.02 Å². The second kappa shape index (κ2) is 6.65. The van der Waals surface area contributed by atoms with Gasteiger partial charge in [-0.3, -0.25) is 0 Å². The second-order valence-corrected chi connectivity index (χ2v) is 5.07. The maximum absolute atomic E-state index is 9.75. The molecule has 1 fully saturated rings. The molecule has 2 rings (SSSR count). The van der Waals surface area contributed by atoms with Gasteiger partial charge in [-0.1, -0.05) is 23.7 Å². The Morgan fingerprint density at radius 2 is 1.74 bits per heavy atom. The molecule has 0 radical (unpaired) electrons. The van der Waals surface area contributed by atoms with Crippen LogP contribution in [0.4, 0.5) is 0 Å². The molecule has 1 saturated heterocycles. The van der Waals surface area contributed by atoms with Crippen molar-refractivity contribution in [1.29, 1.82) is 0 Å². The highest BCUT2D eigenvalue weighted by Gasteiger charge is 2.41. The fourth-order valence-corrected chi connectivity index (χ4v) is 2.23. The van der Waals surface area contributed by atoms with Crippen molar-refractivity contribution in [3.63, 3.8) is 0 Å². The highest BCUT2D eigenvalue weighted by Crippen LogP contribution is 2.20. The lowest BCUT2D eigenvalue weighted by Gasteiger charge is -2.15. The molecular formula is C13H18ClNO4. The summed E-state index contributed by atoms with van der Waals surface area (Å²) < 4.78 is 5.36. The van der Waals surface area contributed by atoms with Gasteiger partial charge in [0.25, 0.3) is 0 Å². The lowest BCUT2D eigenvalue weighted by molar-refractivity contribution is -0.0213. The number of benzene rings is 1. The Hall–Kier alpha value is -0.690. The van der Waals surface area contributed by atoms with E-state index in [-0.39, 0.29) is 6.61 Å². The van der Waals surface area contributed by atoms with Crippen LogP contribution in [0.25, 0.3) is 0 Å². The molecule has 5 nitrogen and oxygen atoms in total. The summed E-state index contributed by atoms with van der Waals surface area (Å²) in [6, 6.07) is 7.44. The number of nitrogens with one attached hydrogen (secondary N) is 1. The van der Waals surface area contributed by atoms with Crippen LogP contribution in [0.5, 0.6) is 0 Å². The van der Waals surface area contributed by atoms with E-state index in [0.717, 1.165) is 5.56 Å². The van der Waals surface area contributed by atoms with Gasteiger partial charge in [-0.05, 0) is 17.7 Å². The molecule has 1 aliphatic heterocycles. The molecule has 1 aliphatic rings. The predicted octanol–water partition coefficient (Wildman–Crippen LogP) is -0.0889. The first kappa shape index (κ1) is 14.7. The minimum Gasteiger partial charge on any atom is -0.394 e. The summed E-state index contributed by atoms with van der Waals surface area (Å²) in [5.74, 6) is 0. The molecule has 0 saturated carbocycles. The van der Waals surface area contributed by atoms with Gasteiger partial charge in [-0.25, -0.2) is 0 Å². The molecule has 0 aromatic heterocycles. The van der Waals surface area contributed by atoms with Crippen molar-refractivity contribution >= 4 is 11.6 Å². The number of rotatable bonds is 5. The van der Waals surface area contributed by atoms with Crippen LogP contribution >= 0.6 is 11.6 Å². The van der Waals surface area contributed by atoms with E-state index in [0.29, 0.717) is 18.1 Å². The van der Waals surface area contributed by atoms with Crippen molar-refractivity contribution in [3.8, 4) is 0 Å². The topological polar surface area (TPSA) is 82.0 Å². The van der Waals surface area contributed by atoms with Crippen molar-refractivity contribution < 1.29 is 20.1 Å². The Balaban J connectivity index is 1.78. The normalized spacial score (nSPS) is 30.7. The Morgan fingerprint density at radius 3 is 2.32 bits per heavy atom. The molecule has 106 valence electrons. The summed E-state index contributed by atoms with van der Waals surface area (Å²) in [6.45, 7) is 0.715. The maximum Gasteiger partial charge on any atom is 0.111 e. The highest BCUT2D eigenvalue weighted by molar-refractivity contribution is 6.30. The van der Waals surface area contributed by atoms with E-state index in [2.05, 4.69) is 5.32 Å². The predicted molar refractivity (Wildman–Crippen MR) is 70.9 cm³/mol. The molecule has 19 heavy (non-hydrogen) atoms. The number of ether oxygens (including phenoxy) is 1. The van der Waals surface area contributed by atoms with Crippen LogP contribution in [-0.2, 0) is 11.3 Å². The van der Waals surface area contributed by atoms with Gasteiger partial charge in [0.1, 0.15) is 18.3 Å². The molecule has 0 amide bonds. The molecule has 1 aromatic carbocycles. The van der Waals surface area contributed by atoms with Gasteiger partial charge in [-0.15, -0.1) is 0 Å². The molecule has 1 aromatic rings. The molecule has 0 spiro atoms. The molecule has 4 N–H and O–H groups in total. The van der Waals surface area contributed by atoms with Crippen molar-refractivity contribution in [2.24, 2.45) is 0 Å². The molecule has 1 heterocycles. The Bertz CT molecular complexity index is 400. The monoisotopic (exact) mass is 287 g/mol. The van der Waals surface area contributed by atoms with E-state index in [1.807, 2.05) is 24.3 Å². The molecule has 6 heteroatoms. The van der Waals surface area contributed by atoms with Gasteiger partial charge in [0.2, 0.25) is 0 Å². The van der Waals surface area contributed by atoms with Crippen LogP contribution in [-0.4, -0.2) is 52.9 Å². The third kappa shape index (κ3) is 3.66. The molecule has 0 unspecified atom stereocenters. The number of aliphatic hydroxyl groups is 3. The number of hydrogen-bond acceptors (Lipinski definition) is 5. The van der Waals surface area contributed by atoms with Gasteiger partial charge in [0.15, 0.2) is 0 Å². The first-order chi connectivity index (χ1) is 9.11. The first-order valence-electron chi connectivity index (χ1n) is 6.19. The fourth-order valence-electron chi connectivity index (χ4n) is 2.11. The highest BCUT2D eigenvalue weighted by atomic mass is 35.5. The Morgan fingerprint density at radius 1 is 1.11 bits per heavy atom. The van der Waals surface area contributed by atoms with E-state index >= 15 is 0 Å². The van der Waals surface area contributed by atoms with Gasteiger partial charge >= 0.3 is 0 Å². The lowest BCUT2D eigenvalue weighted by atomic mass is 10.1. The van der Waals surface area contributed by atoms with Crippen LogP contribution in [0.1, 0.15) is 5.56 Å². The zero-order valence-corrected chi connectivity index (χ0v) is 11.1. The minimum absolute atomic E-state index is 0.300. The smallest absolute Gasteiger partial charge is 0.111 e. The SMILES string of the molecule is OC[C@H]1O[C@H](CNCc2ccc(Cl)cc2)[C@@H](O)[C@@H]1O. The third-order valence-corrected chi connectivity index (χ3v) is 3.48. The average Bonchev–Trinajstić information content (AvgIpc) is 2.69. The molecule has 0 bridgehead atoms. The summed E-state index contributed by atoms with van der Waals surface area (Å²) >= 11 is 5.79. The van der Waals surface area contributed by atoms with E-state index in [4.69, 9.17) is 21.4 Å². The molecule has 0 aliphatic carbocycles. The Kier molecular flexibility index (Phi) is 5.15. The second-order valence-electron chi connectivity index (χ2n) is 4.63. The van der Waals surface area contributed by atoms with Gasteiger partial charge < -0.3 is 25.4 Å². The Labute approximate surface area is 116 Å². The maximum atomic E-state index is 9.75. The van der Waals surface area contributed by atoms with Gasteiger partial charge in [0.05, 0.1) is 12.7 Å². The van der Waals surface area contributed by atoms with E-state index in [9.17, 15) is 10.2 Å². The summed E-state index contributed by atoms with van der Waals surface area (Å²) in [6.07, 6.45) is -3.24. The lowest BCUT2D eigenvalue weighted by Crippen LogP contribution is -2.38. The van der Waals surface area contributed by atoms with Crippen LogP contribution in [0.15, 0.2) is 24.3 Å². The van der Waals surface area contributed by atoms with Crippen LogP contribution in [0, 0.1) is 0 Å². The van der Waals surface area contributed by atoms with E-state index < -0.39 is 24.4 Å². The van der Waals surface area contributed by atoms with Crippen molar-refractivity contribution in [3.05, 3.63) is 34.9 Å². The van der Waals surface area contributed by atoms with Crippen LogP contribution < -0.4 is 5.32 Å². The van der Waals surface area contributed by atoms with Gasteiger partial charge in [-0.2, -0.15) is 0 Å². The van der Waals surface area contributed by atoms with E-state index in [1.165, 1.54) is 0 Å². The molecule has 4 atom stereocenters. The van der Waals surface area contributed by atoms with Crippen molar-refractivity contribution in [2.45, 2.75) is 31.0 Å². The fraction of sp³-hybridized carbons (Fsp3) is 0.538. The third-order valence-electron chi connectivity index (χ3n) is 3.23. The molecular weight excluding hydrogens is 270 g/mol. The summed E-state index contributed by atoms with van der Waals surface area (Å²) in [4.78, 5) is 0. The standard InChI is InChI=1S/C13H18ClNO4/c14-9-3-1-8(2-4-9)5-15-6-10-12(17)13(18)11(7-16)19-10/h1-4,10-13,15-18H,5-7H2/t10-,11-,12-,13-/m1/s1. The summed E-state index contributed by atoms with van der Waals surface area (Å²) in [7, 11) is 0. The van der Waals surface area contributed by atoms with E-state index in [1.54, 1.807) is 0 Å². The van der Waals surface area contributed by atoms with Crippen molar-refractivity contribution in [1.82, 2.24) is 5.32 Å². The number of halogens is 1.